The Balaban J connectivity index is 2.16. The van der Waals surface area contributed by atoms with Crippen molar-refractivity contribution in [2.45, 2.75) is 44.1 Å². The Morgan fingerprint density at radius 2 is 2.12 bits per heavy atom. The third-order valence-electron chi connectivity index (χ3n) is 3.87. The molecular formula is C12H18N2OS. The molecule has 0 radical (unpaired) electrons. The Hall–Kier alpha value is -0.690. The quantitative estimate of drug-likeness (QED) is 0.748. The van der Waals surface area contributed by atoms with Crippen molar-refractivity contribution in [1.29, 1.82) is 5.26 Å². The largest absolute Gasteiger partial charge is 0.324 e. The second kappa shape index (κ2) is 4.67. The molecule has 1 unspecified atom stereocenters. The molecular weight excluding hydrogens is 220 g/mol. The molecule has 0 N–H and O–H groups in total. The van der Waals surface area contributed by atoms with Crippen LogP contribution in [0.4, 0.5) is 0 Å². The second-order valence-corrected chi connectivity index (χ2v) is 5.33. The minimum atomic E-state index is -0.493. The van der Waals surface area contributed by atoms with E-state index in [9.17, 15) is 10.1 Å². The highest BCUT2D eigenvalue weighted by Gasteiger charge is 2.45. The van der Waals surface area contributed by atoms with E-state index < -0.39 is 5.54 Å². The van der Waals surface area contributed by atoms with Gasteiger partial charge >= 0.3 is 0 Å². The molecule has 0 aromatic heterocycles. The predicted molar refractivity (Wildman–Crippen MR) is 65.1 cm³/mol. The Labute approximate surface area is 102 Å². The van der Waals surface area contributed by atoms with Gasteiger partial charge < -0.3 is 4.90 Å². The summed E-state index contributed by atoms with van der Waals surface area (Å²) in [5, 5.41) is 9.42. The van der Waals surface area contributed by atoms with Crippen molar-refractivity contribution in [1.82, 2.24) is 4.90 Å². The van der Waals surface area contributed by atoms with Gasteiger partial charge in [0.25, 0.3) is 0 Å². The molecule has 1 aliphatic carbocycles. The van der Waals surface area contributed by atoms with Crippen LogP contribution in [0.3, 0.4) is 0 Å². The van der Waals surface area contributed by atoms with Gasteiger partial charge in [0.05, 0.1) is 6.07 Å². The summed E-state index contributed by atoms with van der Waals surface area (Å²) in [5.74, 6) is 1.23. The zero-order valence-corrected chi connectivity index (χ0v) is 10.4. The topological polar surface area (TPSA) is 44.1 Å². The number of likely N-dealkylation sites (tertiary alicyclic amines) is 1. The van der Waals surface area contributed by atoms with Gasteiger partial charge in [0.1, 0.15) is 5.54 Å². The molecule has 3 nitrogen and oxygen atoms in total. The highest BCUT2D eigenvalue weighted by molar-refractivity contribution is 7.80. The lowest BCUT2D eigenvalue weighted by Gasteiger charge is -2.39. The van der Waals surface area contributed by atoms with Gasteiger partial charge in [0.15, 0.2) is 0 Å². The van der Waals surface area contributed by atoms with E-state index in [1.807, 2.05) is 4.90 Å². The van der Waals surface area contributed by atoms with Crippen molar-refractivity contribution in [2.24, 2.45) is 5.92 Å². The molecule has 88 valence electrons. The van der Waals surface area contributed by atoms with Crippen LogP contribution in [0, 0.1) is 17.2 Å². The van der Waals surface area contributed by atoms with E-state index in [0.29, 0.717) is 12.3 Å². The normalized spacial score (nSPS) is 29.1. The average molecular weight is 238 g/mol. The summed E-state index contributed by atoms with van der Waals surface area (Å²) >= 11 is 4.26. The fourth-order valence-electron chi connectivity index (χ4n) is 2.90. The Morgan fingerprint density at radius 3 is 2.62 bits per heavy atom. The van der Waals surface area contributed by atoms with Gasteiger partial charge in [-0.25, -0.2) is 0 Å². The van der Waals surface area contributed by atoms with Crippen molar-refractivity contribution in [3.63, 3.8) is 0 Å². The number of thiol groups is 1. The van der Waals surface area contributed by atoms with E-state index in [1.54, 1.807) is 0 Å². The van der Waals surface area contributed by atoms with Crippen LogP contribution in [0.1, 0.15) is 38.5 Å². The number of nitriles is 1. The summed E-state index contributed by atoms with van der Waals surface area (Å²) in [7, 11) is 0. The van der Waals surface area contributed by atoms with E-state index in [2.05, 4.69) is 18.7 Å². The van der Waals surface area contributed by atoms with Crippen molar-refractivity contribution in [2.75, 3.05) is 12.3 Å². The SMILES string of the molecule is N#CC1(N2CC(CS)CC2=O)CCCCC1. The second-order valence-electron chi connectivity index (χ2n) is 4.96. The van der Waals surface area contributed by atoms with Gasteiger partial charge in [-0.3, -0.25) is 4.79 Å². The highest BCUT2D eigenvalue weighted by Crippen LogP contribution is 2.37. The van der Waals surface area contributed by atoms with Gasteiger partial charge in [-0.1, -0.05) is 19.3 Å². The Kier molecular flexibility index (Phi) is 3.44. The van der Waals surface area contributed by atoms with Crippen molar-refractivity contribution < 1.29 is 4.79 Å². The lowest BCUT2D eigenvalue weighted by Crippen LogP contribution is -2.49. The number of carbonyl (C=O) groups is 1. The third-order valence-corrected chi connectivity index (χ3v) is 4.39. The lowest BCUT2D eigenvalue weighted by atomic mass is 9.81. The van der Waals surface area contributed by atoms with Gasteiger partial charge in [-0.05, 0) is 24.5 Å². The maximum absolute atomic E-state index is 11.9. The Bertz CT molecular complexity index is 317. The summed E-state index contributed by atoms with van der Waals surface area (Å²) in [4.78, 5) is 13.8. The fourth-order valence-corrected chi connectivity index (χ4v) is 3.14. The van der Waals surface area contributed by atoms with Crippen LogP contribution in [0.2, 0.25) is 0 Å². The molecule has 0 aromatic rings. The van der Waals surface area contributed by atoms with Gasteiger partial charge in [-0.2, -0.15) is 17.9 Å². The number of hydrogen-bond donors (Lipinski definition) is 1. The number of amides is 1. The first-order chi connectivity index (χ1) is 7.72. The molecule has 1 amide bonds. The molecule has 2 fully saturated rings. The molecule has 0 spiro atoms. The fraction of sp³-hybridized carbons (Fsp3) is 0.833. The molecule has 1 aliphatic heterocycles. The third kappa shape index (κ3) is 1.93. The van der Waals surface area contributed by atoms with E-state index in [1.165, 1.54) is 6.42 Å². The number of rotatable bonds is 2. The molecule has 2 rings (SSSR count). The minimum absolute atomic E-state index is 0.155. The first-order valence-corrected chi connectivity index (χ1v) is 6.68. The lowest BCUT2D eigenvalue weighted by molar-refractivity contribution is -0.132. The molecule has 0 aromatic carbocycles. The van der Waals surface area contributed by atoms with E-state index in [4.69, 9.17) is 0 Å². The van der Waals surface area contributed by atoms with Crippen molar-refractivity contribution in [3.05, 3.63) is 0 Å². The minimum Gasteiger partial charge on any atom is -0.324 e. The number of carbonyl (C=O) groups excluding carboxylic acids is 1. The summed E-state index contributed by atoms with van der Waals surface area (Å²) in [5.41, 5.74) is -0.493. The summed E-state index contributed by atoms with van der Waals surface area (Å²) in [6.45, 7) is 0.732. The van der Waals surface area contributed by atoms with Crippen molar-refractivity contribution >= 4 is 18.5 Å². The highest BCUT2D eigenvalue weighted by atomic mass is 32.1. The maximum atomic E-state index is 11.9. The average Bonchev–Trinajstić information content (AvgIpc) is 2.72. The van der Waals surface area contributed by atoms with E-state index >= 15 is 0 Å². The first-order valence-electron chi connectivity index (χ1n) is 6.04. The Morgan fingerprint density at radius 1 is 1.44 bits per heavy atom. The summed E-state index contributed by atoms with van der Waals surface area (Å²) in [6.07, 6.45) is 5.63. The van der Waals surface area contributed by atoms with E-state index in [-0.39, 0.29) is 5.91 Å². The summed E-state index contributed by atoms with van der Waals surface area (Å²) in [6, 6.07) is 2.41. The van der Waals surface area contributed by atoms with Crippen LogP contribution in [0.15, 0.2) is 0 Å². The predicted octanol–water partition coefficient (Wildman–Crippen LogP) is 1.99. The maximum Gasteiger partial charge on any atom is 0.224 e. The van der Waals surface area contributed by atoms with Gasteiger partial charge in [0, 0.05) is 13.0 Å². The van der Waals surface area contributed by atoms with Crippen LogP contribution < -0.4 is 0 Å². The zero-order chi connectivity index (χ0) is 11.6. The summed E-state index contributed by atoms with van der Waals surface area (Å²) < 4.78 is 0. The monoisotopic (exact) mass is 238 g/mol. The molecule has 16 heavy (non-hydrogen) atoms. The van der Waals surface area contributed by atoms with Crippen LogP contribution in [-0.4, -0.2) is 28.6 Å². The molecule has 1 saturated carbocycles. The molecule has 4 heteroatoms. The smallest absolute Gasteiger partial charge is 0.224 e. The van der Waals surface area contributed by atoms with Crippen LogP contribution in [0.25, 0.3) is 0 Å². The van der Waals surface area contributed by atoms with Gasteiger partial charge in [0.2, 0.25) is 5.91 Å². The zero-order valence-electron chi connectivity index (χ0n) is 9.48. The molecule has 2 aliphatic rings. The molecule has 0 bridgehead atoms. The van der Waals surface area contributed by atoms with Crippen LogP contribution in [0.5, 0.6) is 0 Å². The van der Waals surface area contributed by atoms with Crippen LogP contribution >= 0.6 is 12.6 Å². The van der Waals surface area contributed by atoms with Gasteiger partial charge in [-0.15, -0.1) is 0 Å². The molecule has 1 heterocycles. The van der Waals surface area contributed by atoms with Crippen molar-refractivity contribution in [3.8, 4) is 6.07 Å². The van der Waals surface area contributed by atoms with Crippen LogP contribution in [-0.2, 0) is 4.79 Å². The standard InChI is InChI=1S/C12H18N2OS/c13-9-12(4-2-1-3-5-12)14-7-10(8-16)6-11(14)15/h10,16H,1-8H2. The molecule has 1 atom stereocenters. The molecule has 1 saturated heterocycles. The number of nitrogens with zero attached hydrogens (tertiary/aromatic N) is 2. The number of hydrogen-bond acceptors (Lipinski definition) is 3. The first kappa shape index (κ1) is 11.8. The van der Waals surface area contributed by atoms with E-state index in [0.717, 1.165) is 38.0 Å².